The van der Waals surface area contributed by atoms with E-state index in [2.05, 4.69) is 16.5 Å². The van der Waals surface area contributed by atoms with E-state index < -0.39 is 0 Å². The molecule has 0 aliphatic rings. The first-order chi connectivity index (χ1) is 11.5. The van der Waals surface area contributed by atoms with Crippen LogP contribution >= 0.6 is 22.7 Å². The van der Waals surface area contributed by atoms with Crippen LogP contribution in [0.1, 0.15) is 50.1 Å². The third-order valence-corrected chi connectivity index (χ3v) is 4.60. The highest BCUT2D eigenvalue weighted by Crippen LogP contribution is 2.15. The number of nitrogens with zero attached hydrogens (tertiary/aromatic N) is 2. The Morgan fingerprint density at radius 2 is 1.58 bits per heavy atom. The third kappa shape index (κ3) is 6.21. The molecule has 0 N–H and O–H groups in total. The van der Waals surface area contributed by atoms with E-state index in [0.29, 0.717) is 23.0 Å². The van der Waals surface area contributed by atoms with Crippen molar-refractivity contribution >= 4 is 40.7 Å². The number of rotatable bonds is 6. The van der Waals surface area contributed by atoms with Gasteiger partial charge in [0.25, 0.3) is 0 Å². The quantitative estimate of drug-likeness (QED) is 0.721. The molecule has 0 aliphatic heterocycles. The predicted octanol–water partition coefficient (Wildman–Crippen LogP) is 3.85. The van der Waals surface area contributed by atoms with E-state index in [1.165, 1.54) is 28.9 Å². The highest BCUT2D eigenvalue weighted by Gasteiger charge is 2.10. The van der Waals surface area contributed by atoms with E-state index in [-0.39, 0.29) is 11.9 Å². The second-order valence-electron chi connectivity index (χ2n) is 4.18. The molecule has 0 saturated heterocycles. The van der Waals surface area contributed by atoms with Crippen LogP contribution < -0.4 is 0 Å². The second kappa shape index (κ2) is 10.7. The van der Waals surface area contributed by atoms with Gasteiger partial charge in [0, 0.05) is 0 Å². The number of hydrogen-bond donors (Lipinski definition) is 0. The average molecular weight is 368 g/mol. The number of carbonyl (C=O) groups excluding carboxylic acids is 2. The molecule has 2 aromatic rings. The summed E-state index contributed by atoms with van der Waals surface area (Å²) in [5.41, 5.74) is 0. The summed E-state index contributed by atoms with van der Waals surface area (Å²) in [5, 5.41) is 1.70. The number of ether oxygens (including phenoxy) is 2. The van der Waals surface area contributed by atoms with Crippen LogP contribution in [0.5, 0.6) is 0 Å². The number of thiazole rings is 2. The van der Waals surface area contributed by atoms with Crippen molar-refractivity contribution in [3.63, 3.8) is 0 Å². The van der Waals surface area contributed by atoms with Crippen LogP contribution in [0, 0.1) is 0 Å². The van der Waals surface area contributed by atoms with Crippen molar-refractivity contribution in [2.75, 3.05) is 13.2 Å². The summed E-state index contributed by atoms with van der Waals surface area (Å²) in [6.45, 7) is 9.92. The zero-order valence-electron chi connectivity index (χ0n) is 13.9. The van der Waals surface area contributed by atoms with E-state index in [1.807, 2.05) is 6.92 Å². The second-order valence-corrected chi connectivity index (χ2v) is 6.36. The molecule has 0 unspecified atom stereocenters. The third-order valence-electron chi connectivity index (χ3n) is 2.51. The lowest BCUT2D eigenvalue weighted by molar-refractivity contribution is 0.0522. The highest BCUT2D eigenvalue weighted by molar-refractivity contribution is 7.14. The Hall–Kier alpha value is -2.06. The molecule has 0 amide bonds. The minimum atomic E-state index is -0.317. The summed E-state index contributed by atoms with van der Waals surface area (Å²) in [6, 6.07) is 0. The maximum absolute atomic E-state index is 11.1. The molecule has 0 saturated carbocycles. The number of aryl methyl sites for hydroxylation is 1. The normalized spacial score (nSPS) is 9.62. The Morgan fingerprint density at radius 1 is 1.04 bits per heavy atom. The highest BCUT2D eigenvalue weighted by atomic mass is 32.1. The number of hydrogen-bond acceptors (Lipinski definition) is 8. The first-order valence-electron chi connectivity index (χ1n) is 7.42. The molecule has 24 heavy (non-hydrogen) atoms. The standard InChI is InChI=1S/C8H11NO2S.C8H9NO2S/c2*1-3-7-9-5-6(12-7)8(10)11-4-2/h5H,3-4H2,1-2H3;3,5H,1,4H2,2H3. The van der Waals surface area contributed by atoms with Crippen molar-refractivity contribution in [1.82, 2.24) is 9.97 Å². The molecule has 0 aliphatic carbocycles. The van der Waals surface area contributed by atoms with Gasteiger partial charge in [-0.05, 0) is 26.3 Å². The summed E-state index contributed by atoms with van der Waals surface area (Å²) in [4.78, 5) is 31.3. The van der Waals surface area contributed by atoms with Crippen LogP contribution in [0.2, 0.25) is 0 Å². The van der Waals surface area contributed by atoms with E-state index in [4.69, 9.17) is 9.47 Å². The van der Waals surface area contributed by atoms with E-state index in [1.54, 1.807) is 26.1 Å². The summed E-state index contributed by atoms with van der Waals surface area (Å²) in [7, 11) is 0. The topological polar surface area (TPSA) is 78.4 Å². The zero-order chi connectivity index (χ0) is 17.9. The SMILES string of the molecule is C=Cc1ncc(C(=O)OCC)s1.CCOC(=O)c1cnc(CC)s1. The van der Waals surface area contributed by atoms with Crippen LogP contribution in [0.4, 0.5) is 0 Å². The lowest BCUT2D eigenvalue weighted by Crippen LogP contribution is -2.01. The predicted molar refractivity (Wildman–Crippen MR) is 95.6 cm³/mol. The van der Waals surface area contributed by atoms with Gasteiger partial charge in [-0.2, -0.15) is 0 Å². The maximum atomic E-state index is 11.1. The van der Waals surface area contributed by atoms with Crippen molar-refractivity contribution in [1.29, 1.82) is 0 Å². The molecule has 130 valence electrons. The van der Waals surface area contributed by atoms with Gasteiger partial charge in [-0.1, -0.05) is 13.5 Å². The molecule has 8 heteroatoms. The molecule has 0 fully saturated rings. The maximum Gasteiger partial charge on any atom is 0.349 e. The van der Waals surface area contributed by atoms with Crippen LogP contribution in [-0.2, 0) is 15.9 Å². The van der Waals surface area contributed by atoms with Crippen LogP contribution in [0.3, 0.4) is 0 Å². The molecule has 0 aromatic carbocycles. The minimum absolute atomic E-state index is 0.269. The van der Waals surface area contributed by atoms with Crippen LogP contribution in [-0.4, -0.2) is 35.1 Å². The van der Waals surface area contributed by atoms with Gasteiger partial charge in [-0.15, -0.1) is 22.7 Å². The summed E-state index contributed by atoms with van der Waals surface area (Å²) < 4.78 is 9.60. The Balaban J connectivity index is 0.000000240. The Bertz CT molecular complexity index is 679. The smallest absolute Gasteiger partial charge is 0.349 e. The molecule has 0 spiro atoms. The fourth-order valence-electron chi connectivity index (χ4n) is 1.45. The molecule has 0 bridgehead atoms. The van der Waals surface area contributed by atoms with E-state index >= 15 is 0 Å². The number of carbonyl (C=O) groups is 2. The number of esters is 2. The van der Waals surface area contributed by atoms with Gasteiger partial charge in [0.05, 0.1) is 30.6 Å². The van der Waals surface area contributed by atoms with Crippen molar-refractivity contribution in [3.8, 4) is 0 Å². The molecular formula is C16H20N2O4S2. The molecular weight excluding hydrogens is 348 g/mol. The first kappa shape index (κ1) is 20.0. The lowest BCUT2D eigenvalue weighted by Gasteiger charge is -1.95. The Kier molecular flexibility index (Phi) is 8.88. The first-order valence-corrected chi connectivity index (χ1v) is 9.06. The molecule has 0 atom stereocenters. The van der Waals surface area contributed by atoms with Crippen molar-refractivity contribution in [2.45, 2.75) is 27.2 Å². The van der Waals surface area contributed by atoms with Crippen molar-refractivity contribution in [3.05, 3.63) is 38.7 Å². The van der Waals surface area contributed by atoms with E-state index in [9.17, 15) is 9.59 Å². The Morgan fingerprint density at radius 3 is 2.00 bits per heavy atom. The van der Waals surface area contributed by atoms with Crippen molar-refractivity contribution < 1.29 is 19.1 Å². The molecule has 2 rings (SSSR count). The number of aromatic nitrogens is 2. The van der Waals surface area contributed by atoms with E-state index in [0.717, 1.165) is 16.4 Å². The van der Waals surface area contributed by atoms with Gasteiger partial charge in [0.15, 0.2) is 0 Å². The monoisotopic (exact) mass is 368 g/mol. The van der Waals surface area contributed by atoms with Gasteiger partial charge in [0.2, 0.25) is 0 Å². The van der Waals surface area contributed by atoms with Gasteiger partial charge in [-0.3, -0.25) is 0 Å². The average Bonchev–Trinajstić information content (AvgIpc) is 3.25. The molecule has 0 radical (unpaired) electrons. The van der Waals surface area contributed by atoms with Gasteiger partial charge in [0.1, 0.15) is 14.8 Å². The zero-order valence-corrected chi connectivity index (χ0v) is 15.5. The van der Waals surface area contributed by atoms with Gasteiger partial charge >= 0.3 is 11.9 Å². The minimum Gasteiger partial charge on any atom is -0.462 e. The van der Waals surface area contributed by atoms with Crippen LogP contribution in [0.25, 0.3) is 6.08 Å². The van der Waals surface area contributed by atoms with Gasteiger partial charge in [-0.25, -0.2) is 19.6 Å². The molecule has 2 heterocycles. The van der Waals surface area contributed by atoms with Crippen molar-refractivity contribution in [2.24, 2.45) is 0 Å². The summed E-state index contributed by atoms with van der Waals surface area (Å²) >= 11 is 2.67. The lowest BCUT2D eigenvalue weighted by atomic mass is 10.5. The summed E-state index contributed by atoms with van der Waals surface area (Å²) in [5.74, 6) is -0.585. The summed E-state index contributed by atoms with van der Waals surface area (Å²) in [6.07, 6.45) is 5.54. The molecule has 6 nitrogen and oxygen atoms in total. The fraction of sp³-hybridized carbons (Fsp3) is 0.375. The fourth-order valence-corrected chi connectivity index (χ4v) is 2.86. The van der Waals surface area contributed by atoms with Crippen LogP contribution in [0.15, 0.2) is 19.0 Å². The Labute approximate surface area is 149 Å². The molecule has 2 aromatic heterocycles. The largest absolute Gasteiger partial charge is 0.462 e. The van der Waals surface area contributed by atoms with Gasteiger partial charge < -0.3 is 9.47 Å².